The molecule has 0 aliphatic carbocycles. The molecule has 1 N–H and O–H groups in total. The number of likely N-dealkylation sites (tertiary alicyclic amines) is 1. The highest BCUT2D eigenvalue weighted by atomic mass is 79.9. The van der Waals surface area contributed by atoms with Crippen LogP contribution >= 0.6 is 39.5 Å². The van der Waals surface area contributed by atoms with E-state index >= 15 is 0 Å². The van der Waals surface area contributed by atoms with Crippen LogP contribution in [0.1, 0.15) is 19.8 Å². The quantitative estimate of drug-likeness (QED) is 0.282. The number of carbonyl (C=O) groups is 1. The van der Waals surface area contributed by atoms with Crippen LogP contribution in [0.3, 0.4) is 0 Å². The Kier molecular flexibility index (Phi) is 7.26. The number of anilines is 1. The molecular weight excluding hydrogens is 474 g/mol. The normalized spacial score (nSPS) is 14.9. The Hall–Kier alpha value is -1.97. The highest BCUT2D eigenvalue weighted by molar-refractivity contribution is 9.10. The summed E-state index contributed by atoms with van der Waals surface area (Å²) in [5.41, 5.74) is 1.47. The highest BCUT2D eigenvalue weighted by Gasteiger charge is 2.30. The molecule has 0 saturated carbocycles. The number of rotatable bonds is 4. The summed E-state index contributed by atoms with van der Waals surface area (Å²) in [6.45, 7) is 3.08. The molecule has 1 aromatic heterocycles. The van der Waals surface area contributed by atoms with Gasteiger partial charge in [-0.15, -0.1) is 11.3 Å². The number of benzene rings is 1. The number of hydrogen-bond acceptors (Lipinski definition) is 6. The summed E-state index contributed by atoms with van der Waals surface area (Å²) in [7, 11) is 1.42. The maximum atomic E-state index is 11.8. The second-order valence-corrected chi connectivity index (χ2v) is 8.72. The van der Waals surface area contributed by atoms with Gasteiger partial charge < -0.3 is 14.7 Å². The summed E-state index contributed by atoms with van der Waals surface area (Å²) < 4.78 is 5.83. The molecule has 2 heterocycles. The van der Waals surface area contributed by atoms with Crippen LogP contribution in [0.15, 0.2) is 39.2 Å². The molecule has 1 aromatic carbocycles. The van der Waals surface area contributed by atoms with Crippen molar-refractivity contribution >= 4 is 62.5 Å². The van der Waals surface area contributed by atoms with Crippen LogP contribution < -0.4 is 5.01 Å². The summed E-state index contributed by atoms with van der Waals surface area (Å²) in [4.78, 5) is 14.5. The molecule has 1 aliphatic rings. The molecule has 1 aliphatic heterocycles. The predicted octanol–water partition coefficient (Wildman–Crippen LogP) is 4.87. The largest absolute Gasteiger partial charge is 0.504 e. The number of aromatic hydroxyl groups is 1. The van der Waals surface area contributed by atoms with Crippen LogP contribution in [0.5, 0.6) is 5.75 Å². The highest BCUT2D eigenvalue weighted by Crippen LogP contribution is 2.44. The van der Waals surface area contributed by atoms with E-state index in [9.17, 15) is 9.90 Å². The molecular formula is C20H22BrN3O3S2. The number of thiophene rings is 1. The van der Waals surface area contributed by atoms with Crippen molar-refractivity contribution in [3.63, 3.8) is 0 Å². The van der Waals surface area contributed by atoms with Gasteiger partial charge in [-0.05, 0) is 49.7 Å². The molecule has 1 fully saturated rings. The van der Waals surface area contributed by atoms with Crippen LogP contribution in [-0.2, 0) is 9.53 Å². The fourth-order valence-electron chi connectivity index (χ4n) is 3.24. The summed E-state index contributed by atoms with van der Waals surface area (Å²) in [6, 6.07) is 7.77. The number of nitrogens with zero attached hydrogens (tertiary/aromatic N) is 3. The van der Waals surface area contributed by atoms with Crippen molar-refractivity contribution in [2.75, 3.05) is 25.2 Å². The number of carbonyl (C=O) groups excluding carboxylic acids is 1. The SMILES string of the molecule is CC=NN(C(=S)N1CCC(C(=O)OC)CC1)c1csc(-c2ccc(Br)cc2)c1O. The standard InChI is InChI=1S/C20H22BrN3O3S2/c1-3-22-24(20(28)23-10-8-14(9-11-23)19(26)27-2)16-12-29-18(17(16)25)13-4-6-15(21)7-5-13/h3-7,12,14,25H,8-11H2,1-2H3. The average Bonchev–Trinajstić information content (AvgIpc) is 3.12. The molecule has 154 valence electrons. The maximum absolute atomic E-state index is 11.8. The summed E-state index contributed by atoms with van der Waals surface area (Å²) >= 11 is 10.6. The number of hydrazone groups is 1. The van der Waals surface area contributed by atoms with Gasteiger partial charge in [-0.2, -0.15) is 5.10 Å². The lowest BCUT2D eigenvalue weighted by Crippen LogP contribution is -2.45. The van der Waals surface area contributed by atoms with E-state index in [2.05, 4.69) is 21.0 Å². The van der Waals surface area contributed by atoms with Gasteiger partial charge in [-0.3, -0.25) is 4.79 Å². The monoisotopic (exact) mass is 495 g/mol. The van der Waals surface area contributed by atoms with E-state index in [0.29, 0.717) is 36.7 Å². The van der Waals surface area contributed by atoms with E-state index in [4.69, 9.17) is 17.0 Å². The molecule has 0 unspecified atom stereocenters. The Morgan fingerprint density at radius 3 is 2.62 bits per heavy atom. The first-order valence-electron chi connectivity index (χ1n) is 9.18. The van der Waals surface area contributed by atoms with E-state index in [1.807, 2.05) is 34.5 Å². The fourth-order valence-corrected chi connectivity index (χ4v) is 4.76. The number of thiocarbonyl (C=S) groups is 1. The zero-order chi connectivity index (χ0) is 21.0. The van der Waals surface area contributed by atoms with Crippen LogP contribution in [0.25, 0.3) is 10.4 Å². The van der Waals surface area contributed by atoms with Crippen molar-refractivity contribution in [3.05, 3.63) is 34.1 Å². The third kappa shape index (κ3) is 4.79. The van der Waals surface area contributed by atoms with Crippen molar-refractivity contribution < 1.29 is 14.6 Å². The molecule has 29 heavy (non-hydrogen) atoms. The number of esters is 1. The van der Waals surface area contributed by atoms with Gasteiger partial charge in [0.05, 0.1) is 17.9 Å². The number of ether oxygens (including phenoxy) is 1. The number of methoxy groups -OCH3 is 1. The van der Waals surface area contributed by atoms with Crippen molar-refractivity contribution in [1.82, 2.24) is 4.90 Å². The summed E-state index contributed by atoms with van der Waals surface area (Å²) in [6.07, 6.45) is 3.00. The zero-order valence-corrected chi connectivity index (χ0v) is 19.4. The minimum Gasteiger partial charge on any atom is -0.504 e. The minimum absolute atomic E-state index is 0.0965. The molecule has 0 radical (unpaired) electrons. The molecule has 0 spiro atoms. The van der Waals surface area contributed by atoms with E-state index in [1.165, 1.54) is 18.4 Å². The molecule has 2 aromatic rings. The van der Waals surface area contributed by atoms with E-state index in [-0.39, 0.29) is 17.6 Å². The first kappa shape index (κ1) is 21.7. The van der Waals surface area contributed by atoms with Crippen LogP contribution in [0.2, 0.25) is 0 Å². The van der Waals surface area contributed by atoms with Crippen LogP contribution in [-0.4, -0.2) is 47.5 Å². The van der Waals surface area contributed by atoms with Gasteiger partial charge in [0.1, 0.15) is 5.69 Å². The second-order valence-electron chi connectivity index (χ2n) is 6.56. The third-order valence-corrected chi connectivity index (χ3v) is 6.76. The fraction of sp³-hybridized carbons (Fsp3) is 0.350. The number of halogens is 1. The van der Waals surface area contributed by atoms with E-state index < -0.39 is 0 Å². The molecule has 3 rings (SSSR count). The molecule has 9 heteroatoms. The predicted molar refractivity (Wildman–Crippen MR) is 125 cm³/mol. The Morgan fingerprint density at radius 1 is 1.38 bits per heavy atom. The summed E-state index contributed by atoms with van der Waals surface area (Å²) in [5.74, 6) is -0.121. The molecule has 6 nitrogen and oxygen atoms in total. The molecule has 1 saturated heterocycles. The smallest absolute Gasteiger partial charge is 0.308 e. The second kappa shape index (κ2) is 9.69. The first-order chi connectivity index (χ1) is 14.0. The van der Waals surface area contributed by atoms with Gasteiger partial charge in [0.15, 0.2) is 10.9 Å². The van der Waals surface area contributed by atoms with Gasteiger partial charge in [0.25, 0.3) is 0 Å². The van der Waals surface area contributed by atoms with Crippen LogP contribution in [0.4, 0.5) is 5.69 Å². The van der Waals surface area contributed by atoms with Crippen molar-refractivity contribution in [1.29, 1.82) is 0 Å². The lowest BCUT2D eigenvalue weighted by Gasteiger charge is -2.35. The Labute approximate surface area is 187 Å². The Morgan fingerprint density at radius 2 is 2.03 bits per heavy atom. The molecule has 0 amide bonds. The molecule has 0 bridgehead atoms. The maximum Gasteiger partial charge on any atom is 0.308 e. The third-order valence-electron chi connectivity index (χ3n) is 4.79. The van der Waals surface area contributed by atoms with Gasteiger partial charge in [0, 0.05) is 29.2 Å². The van der Waals surface area contributed by atoms with Gasteiger partial charge in [-0.25, -0.2) is 5.01 Å². The minimum atomic E-state index is -0.173. The Balaban J connectivity index is 1.81. The molecule has 0 atom stereocenters. The summed E-state index contributed by atoms with van der Waals surface area (Å²) in [5, 5.41) is 19.2. The van der Waals surface area contributed by atoms with E-state index in [1.54, 1.807) is 18.1 Å². The Bertz CT molecular complexity index is 906. The lowest BCUT2D eigenvalue weighted by molar-refractivity contribution is -0.146. The van der Waals surface area contributed by atoms with Crippen molar-refractivity contribution in [3.8, 4) is 16.2 Å². The van der Waals surface area contributed by atoms with Crippen LogP contribution in [0, 0.1) is 5.92 Å². The van der Waals surface area contributed by atoms with Gasteiger partial charge in [-0.1, -0.05) is 28.1 Å². The number of hydrogen-bond donors (Lipinski definition) is 1. The lowest BCUT2D eigenvalue weighted by atomic mass is 9.97. The van der Waals surface area contributed by atoms with E-state index in [0.717, 1.165) is 14.9 Å². The first-order valence-corrected chi connectivity index (χ1v) is 11.3. The average molecular weight is 496 g/mol. The van der Waals surface area contributed by atoms with Crippen molar-refractivity contribution in [2.45, 2.75) is 19.8 Å². The van der Waals surface area contributed by atoms with Gasteiger partial charge >= 0.3 is 5.97 Å². The topological polar surface area (TPSA) is 65.4 Å². The van der Waals surface area contributed by atoms with Crippen molar-refractivity contribution in [2.24, 2.45) is 11.0 Å². The number of piperidine rings is 1. The van der Waals surface area contributed by atoms with Gasteiger partial charge in [0.2, 0.25) is 0 Å². The zero-order valence-electron chi connectivity index (χ0n) is 16.2.